The van der Waals surface area contributed by atoms with Crippen LogP contribution in [0.15, 0.2) is 0 Å². The van der Waals surface area contributed by atoms with Crippen molar-refractivity contribution in [2.45, 2.75) is 56.0 Å². The predicted molar refractivity (Wildman–Crippen MR) is 59.0 cm³/mol. The summed E-state index contributed by atoms with van der Waals surface area (Å²) in [5.74, 6) is 0.0746. The van der Waals surface area contributed by atoms with Crippen LogP contribution in [0.5, 0.6) is 0 Å². The monoisotopic (exact) mass is 231 g/mol. The van der Waals surface area contributed by atoms with Gasteiger partial charge in [-0.2, -0.15) is 0 Å². The molecule has 0 aromatic rings. The van der Waals surface area contributed by atoms with Gasteiger partial charge in [0.15, 0.2) is 0 Å². The highest BCUT2D eigenvalue weighted by Crippen LogP contribution is 2.23. The topological polar surface area (TPSA) is 38.3 Å². The maximum Gasteiger partial charge on any atom is 0.249 e. The summed E-state index contributed by atoms with van der Waals surface area (Å²) in [6.45, 7) is 0.729. The van der Waals surface area contributed by atoms with E-state index in [0.29, 0.717) is 11.4 Å². The third-order valence-electron chi connectivity index (χ3n) is 3.23. The first-order valence-electron chi connectivity index (χ1n) is 5.82. The maximum atomic E-state index is 11.7. The number of halogens is 1. The summed E-state index contributed by atoms with van der Waals surface area (Å²) in [6, 6.07) is 0.316. The minimum Gasteiger partial charge on any atom is -0.368 e. The predicted octanol–water partition coefficient (Wildman–Crippen LogP) is 1.83. The summed E-state index contributed by atoms with van der Waals surface area (Å²) >= 11 is 6.01. The Morgan fingerprint density at radius 1 is 1.20 bits per heavy atom. The first-order chi connectivity index (χ1) is 7.25. The molecule has 0 aromatic heterocycles. The number of rotatable bonds is 2. The third-order valence-corrected chi connectivity index (χ3v) is 3.66. The molecule has 0 radical (unpaired) electrons. The average molecular weight is 232 g/mol. The number of nitrogens with one attached hydrogen (secondary N) is 1. The van der Waals surface area contributed by atoms with Crippen molar-refractivity contribution in [2.24, 2.45) is 0 Å². The van der Waals surface area contributed by atoms with Gasteiger partial charge in [-0.25, -0.2) is 0 Å². The second-order valence-corrected chi connectivity index (χ2v) is 5.08. The Balaban J connectivity index is 1.74. The van der Waals surface area contributed by atoms with E-state index in [0.717, 1.165) is 45.1 Å². The minimum atomic E-state index is -0.196. The van der Waals surface area contributed by atoms with E-state index in [1.54, 1.807) is 0 Å². The maximum absolute atomic E-state index is 11.7. The largest absolute Gasteiger partial charge is 0.368 e. The van der Waals surface area contributed by atoms with E-state index in [2.05, 4.69) is 5.32 Å². The van der Waals surface area contributed by atoms with Crippen LogP contribution in [-0.2, 0) is 9.53 Å². The van der Waals surface area contributed by atoms with Gasteiger partial charge in [0, 0.05) is 18.0 Å². The zero-order chi connectivity index (χ0) is 10.7. The molecular weight excluding hydrogens is 214 g/mol. The molecule has 2 aliphatic rings. The van der Waals surface area contributed by atoms with Crippen LogP contribution >= 0.6 is 11.6 Å². The van der Waals surface area contributed by atoms with Crippen LogP contribution in [0.25, 0.3) is 0 Å². The van der Waals surface area contributed by atoms with E-state index in [1.807, 2.05) is 0 Å². The molecule has 3 nitrogen and oxygen atoms in total. The van der Waals surface area contributed by atoms with Crippen molar-refractivity contribution in [3.8, 4) is 0 Å². The fraction of sp³-hybridized carbons (Fsp3) is 0.909. The van der Waals surface area contributed by atoms with Gasteiger partial charge < -0.3 is 10.1 Å². The lowest BCUT2D eigenvalue weighted by Crippen LogP contribution is -2.43. The number of alkyl halides is 1. The molecule has 15 heavy (non-hydrogen) atoms. The molecule has 2 rings (SSSR count). The molecule has 1 aliphatic heterocycles. The van der Waals surface area contributed by atoms with E-state index < -0.39 is 0 Å². The van der Waals surface area contributed by atoms with Crippen molar-refractivity contribution >= 4 is 17.5 Å². The van der Waals surface area contributed by atoms with E-state index in [4.69, 9.17) is 16.3 Å². The number of ether oxygens (including phenoxy) is 1. The van der Waals surface area contributed by atoms with Gasteiger partial charge in [0.2, 0.25) is 5.91 Å². The van der Waals surface area contributed by atoms with E-state index in [1.165, 1.54) is 0 Å². The van der Waals surface area contributed by atoms with Gasteiger partial charge in [0.1, 0.15) is 6.10 Å². The highest BCUT2D eigenvalue weighted by molar-refractivity contribution is 6.20. The summed E-state index contributed by atoms with van der Waals surface area (Å²) in [7, 11) is 0. The van der Waals surface area contributed by atoms with Crippen LogP contribution < -0.4 is 5.32 Å². The van der Waals surface area contributed by atoms with Crippen molar-refractivity contribution < 1.29 is 9.53 Å². The molecule has 1 saturated carbocycles. The lowest BCUT2D eigenvalue weighted by Gasteiger charge is -2.26. The first kappa shape index (κ1) is 11.2. The molecule has 4 heteroatoms. The van der Waals surface area contributed by atoms with Crippen molar-refractivity contribution in [3.05, 3.63) is 0 Å². The Kier molecular flexibility index (Phi) is 3.87. The Morgan fingerprint density at radius 3 is 2.53 bits per heavy atom. The van der Waals surface area contributed by atoms with Crippen molar-refractivity contribution in [2.75, 3.05) is 6.61 Å². The quantitative estimate of drug-likeness (QED) is 0.737. The summed E-state index contributed by atoms with van der Waals surface area (Å²) in [5.41, 5.74) is 0. The first-order valence-corrected chi connectivity index (χ1v) is 6.25. The lowest BCUT2D eigenvalue weighted by atomic mass is 9.95. The number of carbonyl (C=O) groups excluding carboxylic acids is 1. The van der Waals surface area contributed by atoms with Gasteiger partial charge in [-0.3, -0.25) is 4.79 Å². The van der Waals surface area contributed by atoms with Crippen LogP contribution in [-0.4, -0.2) is 30.0 Å². The summed E-state index contributed by atoms with van der Waals surface area (Å²) in [5, 5.41) is 3.37. The number of carbonyl (C=O) groups is 1. The van der Waals surface area contributed by atoms with E-state index in [-0.39, 0.29) is 12.0 Å². The highest BCUT2D eigenvalue weighted by atomic mass is 35.5. The number of hydrogen-bond acceptors (Lipinski definition) is 2. The molecule has 1 amide bonds. The molecule has 86 valence electrons. The molecule has 1 saturated heterocycles. The zero-order valence-corrected chi connectivity index (χ0v) is 9.63. The molecule has 0 spiro atoms. The van der Waals surface area contributed by atoms with E-state index >= 15 is 0 Å². The van der Waals surface area contributed by atoms with Gasteiger partial charge >= 0.3 is 0 Å². The van der Waals surface area contributed by atoms with E-state index in [9.17, 15) is 4.79 Å². The SMILES string of the molecule is O=C(NC1CCC(Cl)CC1)C1CCCO1. The highest BCUT2D eigenvalue weighted by Gasteiger charge is 2.27. The molecule has 2 fully saturated rings. The summed E-state index contributed by atoms with van der Waals surface area (Å²) < 4.78 is 5.34. The fourth-order valence-electron chi connectivity index (χ4n) is 2.28. The van der Waals surface area contributed by atoms with Crippen LogP contribution in [0.1, 0.15) is 38.5 Å². The van der Waals surface area contributed by atoms with Crippen LogP contribution in [0.4, 0.5) is 0 Å². The molecule has 1 N–H and O–H groups in total. The Hall–Kier alpha value is -0.280. The molecule has 1 atom stereocenters. The molecule has 1 unspecified atom stereocenters. The normalized spacial score (nSPS) is 36.5. The van der Waals surface area contributed by atoms with Gasteiger partial charge in [-0.15, -0.1) is 11.6 Å². The van der Waals surface area contributed by atoms with Crippen molar-refractivity contribution in [1.29, 1.82) is 0 Å². The van der Waals surface area contributed by atoms with Gasteiger partial charge in [-0.05, 0) is 38.5 Å². The van der Waals surface area contributed by atoms with Crippen LogP contribution in [0, 0.1) is 0 Å². The molecule has 0 aromatic carbocycles. The Labute approximate surface area is 95.5 Å². The standard InChI is InChI=1S/C11H18ClNO2/c12-8-3-5-9(6-4-8)13-11(14)10-2-1-7-15-10/h8-10H,1-7H2,(H,13,14). The minimum absolute atomic E-state index is 0.0746. The molecule has 0 bridgehead atoms. The van der Waals surface area contributed by atoms with Crippen molar-refractivity contribution in [1.82, 2.24) is 5.32 Å². The molecular formula is C11H18ClNO2. The van der Waals surface area contributed by atoms with Gasteiger partial charge in [0.25, 0.3) is 0 Å². The second kappa shape index (κ2) is 5.17. The van der Waals surface area contributed by atoms with Crippen LogP contribution in [0.2, 0.25) is 0 Å². The van der Waals surface area contributed by atoms with Crippen molar-refractivity contribution in [3.63, 3.8) is 0 Å². The Morgan fingerprint density at radius 2 is 1.93 bits per heavy atom. The van der Waals surface area contributed by atoms with Crippen LogP contribution in [0.3, 0.4) is 0 Å². The number of hydrogen-bond donors (Lipinski definition) is 1. The van der Waals surface area contributed by atoms with Gasteiger partial charge in [0.05, 0.1) is 0 Å². The fourth-order valence-corrected chi connectivity index (χ4v) is 2.53. The average Bonchev–Trinajstić information content (AvgIpc) is 2.74. The summed E-state index contributed by atoms with van der Waals surface area (Å²) in [4.78, 5) is 11.7. The molecule has 1 aliphatic carbocycles. The number of amides is 1. The third kappa shape index (κ3) is 3.08. The molecule has 1 heterocycles. The lowest BCUT2D eigenvalue weighted by molar-refractivity contribution is -0.131. The summed E-state index contributed by atoms with van der Waals surface area (Å²) in [6.07, 6.45) is 5.72. The smallest absolute Gasteiger partial charge is 0.249 e. The van der Waals surface area contributed by atoms with Gasteiger partial charge in [-0.1, -0.05) is 0 Å². The second-order valence-electron chi connectivity index (χ2n) is 4.46. The zero-order valence-electron chi connectivity index (χ0n) is 8.88. The Bertz CT molecular complexity index is 221.